The van der Waals surface area contributed by atoms with Gasteiger partial charge in [-0.25, -0.2) is 9.97 Å². The van der Waals surface area contributed by atoms with Crippen molar-refractivity contribution in [3.8, 4) is 11.4 Å². The summed E-state index contributed by atoms with van der Waals surface area (Å²) in [4.78, 5) is 18.4. The van der Waals surface area contributed by atoms with Gasteiger partial charge >= 0.3 is 6.18 Å². The quantitative estimate of drug-likeness (QED) is 0.425. The number of aromatic nitrogens is 3. The van der Waals surface area contributed by atoms with Crippen LogP contribution in [0, 0.1) is 0 Å². The number of imidazole rings is 1. The summed E-state index contributed by atoms with van der Waals surface area (Å²) in [7, 11) is 0. The van der Waals surface area contributed by atoms with Crippen molar-refractivity contribution in [2.24, 2.45) is 0 Å². The molecule has 10 heteroatoms. The molecule has 0 fully saturated rings. The Morgan fingerprint density at radius 1 is 1.06 bits per heavy atom. The van der Waals surface area contributed by atoms with E-state index in [0.717, 1.165) is 0 Å². The number of amides is 1. The normalized spacial score (nSPS) is 12.7. The van der Waals surface area contributed by atoms with E-state index in [0.29, 0.717) is 26.9 Å². The molecule has 1 unspecified atom stereocenters. The molecular formula is C21H15Cl2F3N4O+2. The molecule has 3 heterocycles. The molecule has 4 aromatic rings. The van der Waals surface area contributed by atoms with Gasteiger partial charge in [0.1, 0.15) is 0 Å². The van der Waals surface area contributed by atoms with Crippen molar-refractivity contribution in [2.45, 2.75) is 12.2 Å². The van der Waals surface area contributed by atoms with Gasteiger partial charge in [0.15, 0.2) is 11.7 Å². The van der Waals surface area contributed by atoms with Gasteiger partial charge in [-0.05, 0) is 30.3 Å². The number of H-pyrrole nitrogens is 2. The van der Waals surface area contributed by atoms with Gasteiger partial charge < -0.3 is 5.32 Å². The van der Waals surface area contributed by atoms with Gasteiger partial charge in [0.25, 0.3) is 11.7 Å². The highest BCUT2D eigenvalue weighted by atomic mass is 35.5. The number of hydrogen-bond donors (Lipinski definition) is 2. The van der Waals surface area contributed by atoms with Gasteiger partial charge in [-0.2, -0.15) is 17.6 Å². The van der Waals surface area contributed by atoms with Crippen molar-refractivity contribution in [2.75, 3.05) is 0 Å². The maximum absolute atomic E-state index is 13.7. The van der Waals surface area contributed by atoms with Crippen molar-refractivity contribution in [1.29, 1.82) is 0 Å². The van der Waals surface area contributed by atoms with E-state index in [1.807, 2.05) is 0 Å². The lowest BCUT2D eigenvalue weighted by molar-refractivity contribution is -0.498. The number of aromatic amines is 2. The minimum absolute atomic E-state index is 0.0214. The highest BCUT2D eigenvalue weighted by Crippen LogP contribution is 2.31. The van der Waals surface area contributed by atoms with Crippen LogP contribution in [0.4, 0.5) is 13.2 Å². The first-order valence-corrected chi connectivity index (χ1v) is 9.83. The summed E-state index contributed by atoms with van der Waals surface area (Å²) in [5, 5.41) is 2.74. The number of rotatable bonds is 4. The second-order valence-electron chi connectivity index (χ2n) is 6.70. The summed E-state index contributed by atoms with van der Waals surface area (Å²) in [6.07, 6.45) is -1.65. The second kappa shape index (κ2) is 8.20. The Labute approximate surface area is 184 Å². The van der Waals surface area contributed by atoms with E-state index < -0.39 is 18.1 Å². The molecule has 3 N–H and O–H groups in total. The van der Waals surface area contributed by atoms with Gasteiger partial charge in [0.05, 0.1) is 21.8 Å². The zero-order chi connectivity index (χ0) is 22.2. The van der Waals surface area contributed by atoms with Crippen LogP contribution in [0.5, 0.6) is 0 Å². The lowest BCUT2D eigenvalue weighted by Crippen LogP contribution is -2.41. The number of carbonyl (C=O) groups excluding carboxylic acids is 1. The van der Waals surface area contributed by atoms with Gasteiger partial charge in [0, 0.05) is 12.1 Å². The summed E-state index contributed by atoms with van der Waals surface area (Å²) in [5.41, 5.74) is 0.806. The van der Waals surface area contributed by atoms with Crippen LogP contribution in [0.3, 0.4) is 0 Å². The smallest absolute Gasteiger partial charge is 0.328 e. The molecule has 5 nitrogen and oxygen atoms in total. The number of hydrogen-bond acceptors (Lipinski definition) is 1. The lowest BCUT2D eigenvalue weighted by atomic mass is 10.1. The topological polar surface area (TPSA) is 63.1 Å². The monoisotopic (exact) mass is 466 g/mol. The first-order valence-electron chi connectivity index (χ1n) is 9.07. The number of halogens is 5. The minimum Gasteiger partial charge on any atom is -0.328 e. The predicted octanol–water partition coefficient (Wildman–Crippen LogP) is 4.57. The molecule has 3 aromatic heterocycles. The standard InChI is InChI=1S/C21H13Cl2F3N4O/c22-13-8-7-12(11-14(13)23)19-28-17(16-6-2-4-10-30(16)19)20(31)29-18(21(24,25)26)15-5-1-3-9-27-15/h1-11,18H,(H,29,31)/p+2. The Hall–Kier alpha value is -3.10. The first-order chi connectivity index (χ1) is 14.8. The molecule has 31 heavy (non-hydrogen) atoms. The van der Waals surface area contributed by atoms with Gasteiger partial charge in [-0.15, -0.1) is 0 Å². The van der Waals surface area contributed by atoms with Crippen LogP contribution in [0.15, 0.2) is 67.0 Å². The number of carbonyl (C=O) groups is 1. The summed E-state index contributed by atoms with van der Waals surface area (Å²) in [6, 6.07) is 12.0. The maximum atomic E-state index is 13.7. The SMILES string of the molecule is O=C(NC(c1cccc[nH+]1)C(F)(F)F)c1[nH]c(-c2ccc(Cl)c(Cl)c2)[n+]2ccccc12. The van der Waals surface area contributed by atoms with Crippen LogP contribution in [0.25, 0.3) is 16.9 Å². The number of fused-ring (bicyclic) bond motifs is 1. The Bertz CT molecular complexity index is 1260. The van der Waals surface area contributed by atoms with Crippen LogP contribution in [0.1, 0.15) is 22.2 Å². The van der Waals surface area contributed by atoms with Crippen LogP contribution >= 0.6 is 23.2 Å². The van der Waals surface area contributed by atoms with Crippen molar-refractivity contribution in [3.05, 3.63) is 88.4 Å². The predicted molar refractivity (Wildman–Crippen MR) is 109 cm³/mol. The molecule has 0 aliphatic heterocycles. The van der Waals surface area contributed by atoms with Gasteiger partial charge in [-0.1, -0.05) is 35.3 Å². The molecule has 1 aromatic carbocycles. The molecule has 0 spiro atoms. The van der Waals surface area contributed by atoms with E-state index in [4.69, 9.17) is 23.2 Å². The van der Waals surface area contributed by atoms with Crippen LogP contribution in [-0.2, 0) is 0 Å². The molecule has 4 rings (SSSR count). The molecular weight excluding hydrogens is 452 g/mol. The van der Waals surface area contributed by atoms with E-state index in [2.05, 4.69) is 15.3 Å². The third-order valence-electron chi connectivity index (χ3n) is 4.67. The van der Waals surface area contributed by atoms with E-state index in [9.17, 15) is 18.0 Å². The molecule has 0 saturated carbocycles. The first kappa shape index (κ1) is 21.1. The van der Waals surface area contributed by atoms with Crippen molar-refractivity contribution in [3.63, 3.8) is 0 Å². The molecule has 0 radical (unpaired) electrons. The Balaban J connectivity index is 1.77. The third-order valence-corrected chi connectivity index (χ3v) is 5.41. The molecule has 0 aliphatic carbocycles. The average molecular weight is 467 g/mol. The number of nitrogens with zero attached hydrogens (tertiary/aromatic N) is 1. The largest absolute Gasteiger partial charge is 0.418 e. The van der Waals surface area contributed by atoms with E-state index in [1.165, 1.54) is 18.3 Å². The Kier molecular flexibility index (Phi) is 5.60. The van der Waals surface area contributed by atoms with Crippen LogP contribution in [-0.4, -0.2) is 17.1 Å². The minimum atomic E-state index is -4.70. The highest BCUT2D eigenvalue weighted by molar-refractivity contribution is 6.42. The zero-order valence-corrected chi connectivity index (χ0v) is 17.2. The maximum Gasteiger partial charge on any atom is 0.418 e. The van der Waals surface area contributed by atoms with Gasteiger partial charge in [0.2, 0.25) is 17.4 Å². The lowest BCUT2D eigenvalue weighted by Gasteiger charge is -2.17. The summed E-state index contributed by atoms with van der Waals surface area (Å²) >= 11 is 12.1. The van der Waals surface area contributed by atoms with Crippen LogP contribution < -0.4 is 14.7 Å². The van der Waals surface area contributed by atoms with E-state index in [1.54, 1.807) is 53.1 Å². The summed E-state index contributed by atoms with van der Waals surface area (Å²) in [5.74, 6) is -0.441. The fraction of sp³-hybridized carbons (Fsp3) is 0.0952. The molecule has 0 bridgehead atoms. The van der Waals surface area contributed by atoms with Crippen molar-refractivity contribution in [1.82, 2.24) is 10.3 Å². The Morgan fingerprint density at radius 3 is 2.52 bits per heavy atom. The second-order valence-corrected chi connectivity index (χ2v) is 7.51. The molecule has 1 atom stereocenters. The molecule has 1 amide bonds. The van der Waals surface area contributed by atoms with E-state index in [-0.39, 0.29) is 11.4 Å². The summed E-state index contributed by atoms with van der Waals surface area (Å²) in [6.45, 7) is 0. The van der Waals surface area contributed by atoms with E-state index >= 15 is 0 Å². The van der Waals surface area contributed by atoms with Crippen molar-refractivity contribution >= 4 is 34.6 Å². The van der Waals surface area contributed by atoms with Gasteiger partial charge in [-0.3, -0.25) is 4.79 Å². The average Bonchev–Trinajstić information content (AvgIpc) is 3.13. The number of alkyl halides is 3. The zero-order valence-electron chi connectivity index (χ0n) is 15.7. The number of benzene rings is 1. The van der Waals surface area contributed by atoms with Crippen LogP contribution in [0.2, 0.25) is 10.0 Å². The summed E-state index contributed by atoms with van der Waals surface area (Å²) < 4.78 is 42.7. The fourth-order valence-corrected chi connectivity index (χ4v) is 3.54. The number of nitrogens with one attached hydrogen (secondary N) is 3. The third kappa shape index (κ3) is 4.22. The molecule has 158 valence electrons. The fourth-order valence-electron chi connectivity index (χ4n) is 3.24. The molecule has 0 saturated heterocycles. The Morgan fingerprint density at radius 2 is 1.84 bits per heavy atom. The van der Waals surface area contributed by atoms with Crippen molar-refractivity contribution < 1.29 is 27.4 Å². The molecule has 0 aliphatic rings. The highest BCUT2D eigenvalue weighted by Gasteiger charge is 2.46. The number of pyridine rings is 2.